The van der Waals surface area contributed by atoms with Gasteiger partial charge in [0, 0.05) is 39.6 Å². The molecular weight excluding hydrogens is 504 g/mol. The van der Waals surface area contributed by atoms with Crippen molar-refractivity contribution in [3.8, 4) is 0 Å². The van der Waals surface area contributed by atoms with Crippen LogP contribution in [0.1, 0.15) is 108 Å². The van der Waals surface area contributed by atoms with Gasteiger partial charge in [-0.1, -0.05) is 89.1 Å². The van der Waals surface area contributed by atoms with E-state index in [0.29, 0.717) is 72.7 Å². The van der Waals surface area contributed by atoms with Crippen molar-refractivity contribution in [2.24, 2.45) is 0 Å². The summed E-state index contributed by atoms with van der Waals surface area (Å²) in [5.74, 6) is 0. The van der Waals surface area contributed by atoms with Gasteiger partial charge in [0.2, 0.25) is 0 Å². The molecule has 3 N–H and O–H groups in total. The van der Waals surface area contributed by atoms with Crippen molar-refractivity contribution in [1.29, 1.82) is 0 Å². The van der Waals surface area contributed by atoms with Crippen LogP contribution in [-0.4, -0.2) is 114 Å². The lowest BCUT2D eigenvalue weighted by molar-refractivity contribution is -0.0680. The molecule has 0 fully saturated rings. The van der Waals surface area contributed by atoms with E-state index in [1.165, 1.54) is 0 Å². The first-order valence-corrected chi connectivity index (χ1v) is 9.68. The number of hydrogen-bond acceptors (Lipinski definition) is 9. The van der Waals surface area contributed by atoms with Crippen LogP contribution in [-0.2, 0) is 28.4 Å². The highest BCUT2D eigenvalue weighted by atomic mass is 16.6. The van der Waals surface area contributed by atoms with Crippen molar-refractivity contribution < 1.29 is 43.7 Å². The molecule has 0 aliphatic carbocycles. The van der Waals surface area contributed by atoms with Crippen LogP contribution >= 0.6 is 0 Å². The maximum atomic E-state index is 8.66. The minimum absolute atomic E-state index is 0. The smallest absolute Gasteiger partial charge is 0.104 e. The third-order valence-electron chi connectivity index (χ3n) is 3.26. The Morgan fingerprint density at radius 1 is 0.333 bits per heavy atom. The van der Waals surface area contributed by atoms with Gasteiger partial charge in [0.1, 0.15) is 6.10 Å². The molecule has 0 aliphatic heterocycles. The molecule has 0 atom stereocenters. The van der Waals surface area contributed by atoms with Crippen molar-refractivity contribution in [3.05, 3.63) is 0 Å². The monoisotopic (exact) mass is 591 g/mol. The van der Waals surface area contributed by atoms with E-state index in [4.69, 9.17) is 43.7 Å². The first-order valence-electron chi connectivity index (χ1n) is 9.68. The van der Waals surface area contributed by atoms with E-state index >= 15 is 0 Å². The molecule has 0 saturated heterocycles. The zero-order valence-corrected chi connectivity index (χ0v) is 16.4. The molecular formula is C30H86O9. The fourth-order valence-corrected chi connectivity index (χ4v) is 2.01. The molecule has 0 spiro atoms. The highest BCUT2D eigenvalue weighted by molar-refractivity contribution is 4.56. The van der Waals surface area contributed by atoms with Gasteiger partial charge in [0.15, 0.2) is 0 Å². The predicted octanol–water partition coefficient (Wildman–Crippen LogP) is 7.24. The second-order valence-corrected chi connectivity index (χ2v) is 5.71. The highest BCUT2D eigenvalue weighted by Crippen LogP contribution is 2.00. The summed E-state index contributed by atoms with van der Waals surface area (Å²) < 4.78 is 32.6. The summed E-state index contributed by atoms with van der Waals surface area (Å²) in [6.45, 7) is 5.26. The zero-order chi connectivity index (χ0) is 19.8. The number of hydrogen-bond donors (Lipinski definition) is 3. The molecule has 9 nitrogen and oxygen atoms in total. The van der Waals surface area contributed by atoms with Gasteiger partial charge in [-0.2, -0.15) is 0 Å². The lowest BCUT2D eigenvalue weighted by atomic mass is 10.4. The van der Waals surface area contributed by atoms with E-state index in [1.807, 2.05) is 0 Å². The van der Waals surface area contributed by atoms with Gasteiger partial charge in [-0.25, -0.2) is 0 Å². The lowest BCUT2D eigenvalue weighted by Crippen LogP contribution is -2.27. The molecule has 0 aromatic heterocycles. The van der Waals surface area contributed by atoms with Crippen LogP contribution in [0.25, 0.3) is 0 Å². The Kier molecular flexibility index (Phi) is 164. The van der Waals surface area contributed by atoms with Crippen LogP contribution in [0.3, 0.4) is 0 Å². The normalized spacial score (nSPS) is 8.00. The summed E-state index contributed by atoms with van der Waals surface area (Å²) in [6.07, 6.45) is 2.08. The van der Waals surface area contributed by atoms with E-state index in [1.54, 1.807) is 0 Å². The predicted molar refractivity (Wildman–Crippen MR) is 180 cm³/mol. The molecule has 0 heterocycles. The molecule has 0 aliphatic rings. The fourth-order valence-electron chi connectivity index (χ4n) is 2.01. The van der Waals surface area contributed by atoms with Crippen LogP contribution < -0.4 is 0 Å². The Hall–Kier alpha value is -0.360. The van der Waals surface area contributed by atoms with Crippen LogP contribution in [0.4, 0.5) is 0 Å². The van der Waals surface area contributed by atoms with Crippen molar-refractivity contribution in [2.75, 3.05) is 92.5 Å². The Morgan fingerprint density at radius 2 is 0.590 bits per heavy atom. The number of aliphatic hydroxyl groups is 3. The summed E-state index contributed by atoms with van der Waals surface area (Å²) in [5, 5.41) is 25.9. The maximum Gasteiger partial charge on any atom is 0.104 e. The average Bonchev–Trinajstić information content (AvgIpc) is 2.68. The van der Waals surface area contributed by atoms with Crippen LogP contribution in [0.2, 0.25) is 0 Å². The van der Waals surface area contributed by atoms with E-state index in [-0.39, 0.29) is 115 Å². The van der Waals surface area contributed by atoms with E-state index < -0.39 is 0 Å². The van der Waals surface area contributed by atoms with E-state index in [2.05, 4.69) is 0 Å². The molecule has 0 bridgehead atoms. The zero-order valence-electron chi connectivity index (χ0n) is 16.4. The highest BCUT2D eigenvalue weighted by Gasteiger charge is 2.10. The van der Waals surface area contributed by atoms with Gasteiger partial charge in [0.05, 0.1) is 52.9 Å². The molecule has 0 aromatic carbocycles. The van der Waals surface area contributed by atoms with E-state index in [9.17, 15) is 0 Å². The minimum Gasteiger partial charge on any atom is -0.394 e. The topological polar surface area (TPSA) is 116 Å². The lowest BCUT2D eigenvalue weighted by Gasteiger charge is -2.18. The largest absolute Gasteiger partial charge is 0.394 e. The molecule has 0 amide bonds. The fraction of sp³-hybridized carbons (Fsp3) is 1.00. The molecule has 0 saturated carbocycles. The quantitative estimate of drug-likeness (QED) is 0.106. The Balaban J connectivity index is -0.0000000512. The number of aliphatic hydroxyl groups excluding tert-OH is 3. The molecule has 0 radical (unpaired) electrons. The van der Waals surface area contributed by atoms with Gasteiger partial charge in [0.25, 0.3) is 0 Å². The summed E-state index contributed by atoms with van der Waals surface area (Å²) in [6, 6.07) is 0. The summed E-state index contributed by atoms with van der Waals surface area (Å²) in [7, 11) is 0. The third-order valence-corrected chi connectivity index (χ3v) is 3.26. The Morgan fingerprint density at radius 3 is 0.872 bits per heavy atom. The van der Waals surface area contributed by atoms with Crippen molar-refractivity contribution in [3.63, 3.8) is 0 Å². The van der Waals surface area contributed by atoms with Gasteiger partial charge in [-0.05, 0) is 19.3 Å². The first kappa shape index (κ1) is 83.3. The number of rotatable bonds is 23. The van der Waals surface area contributed by atoms with Gasteiger partial charge in [-0.3, -0.25) is 0 Å². The molecule has 0 unspecified atom stereocenters. The van der Waals surface area contributed by atoms with Gasteiger partial charge in [-0.15, -0.1) is 0 Å². The SMILES string of the molecule is C.C.C.C.C.C.C.C.C.C.C.C.OCCOCCCOCC(COCCCOCCO)OCCCOCCO. The third kappa shape index (κ3) is 72.7. The maximum absolute atomic E-state index is 8.66. The van der Waals surface area contributed by atoms with Gasteiger partial charge >= 0.3 is 0 Å². The number of ether oxygens (including phenoxy) is 6. The molecule has 0 rings (SSSR count). The molecule has 9 heteroatoms. The Bertz CT molecular complexity index is 257. The van der Waals surface area contributed by atoms with E-state index in [0.717, 1.165) is 19.3 Å². The standard InChI is InChI=1S/C18H38O9.12CH4/c19-4-13-22-7-1-10-25-16-18(27-12-3-9-24-15-6-21)17-26-11-2-8-23-14-5-20;;;;;;;;;;;;/h18-21H,1-17H2;12*1H4. The minimum atomic E-state index is -0.167. The van der Waals surface area contributed by atoms with Crippen molar-refractivity contribution >= 4 is 0 Å². The summed E-state index contributed by atoms with van der Waals surface area (Å²) in [5.41, 5.74) is 0. The van der Waals surface area contributed by atoms with Crippen molar-refractivity contribution in [2.45, 2.75) is 114 Å². The van der Waals surface area contributed by atoms with Crippen LogP contribution in [0.5, 0.6) is 0 Å². The summed E-state index contributed by atoms with van der Waals surface area (Å²) in [4.78, 5) is 0. The molecule has 39 heavy (non-hydrogen) atoms. The average molecular weight is 591 g/mol. The molecule has 0 aromatic rings. The van der Waals surface area contributed by atoms with Gasteiger partial charge < -0.3 is 43.7 Å². The second kappa shape index (κ2) is 76.9. The Labute approximate surface area is 250 Å². The second-order valence-electron chi connectivity index (χ2n) is 5.71. The van der Waals surface area contributed by atoms with Crippen LogP contribution in [0, 0.1) is 0 Å². The van der Waals surface area contributed by atoms with Crippen molar-refractivity contribution in [1.82, 2.24) is 0 Å². The first-order chi connectivity index (χ1) is 13.3. The molecule has 260 valence electrons. The summed E-state index contributed by atoms with van der Waals surface area (Å²) >= 11 is 0. The van der Waals surface area contributed by atoms with Crippen LogP contribution in [0.15, 0.2) is 0 Å².